The van der Waals surface area contributed by atoms with Gasteiger partial charge in [-0.25, -0.2) is 0 Å². The molecule has 0 amide bonds. The Morgan fingerprint density at radius 1 is 1.03 bits per heavy atom. The van der Waals surface area contributed by atoms with E-state index in [0.29, 0.717) is 34.8 Å². The van der Waals surface area contributed by atoms with Crippen LogP contribution in [0, 0.1) is 13.8 Å². The summed E-state index contributed by atoms with van der Waals surface area (Å²) in [6.45, 7) is 4.36. The minimum atomic E-state index is 0.418. The van der Waals surface area contributed by atoms with E-state index < -0.39 is 0 Å². The van der Waals surface area contributed by atoms with Gasteiger partial charge in [0.05, 0.1) is 5.02 Å². The molecule has 0 spiro atoms. The predicted molar refractivity (Wildman–Crippen MR) is 115 cm³/mol. The van der Waals surface area contributed by atoms with Crippen LogP contribution < -0.4 is 10.5 Å². The minimum absolute atomic E-state index is 0.418. The summed E-state index contributed by atoms with van der Waals surface area (Å²) in [5, 5.41) is 4.70. The van der Waals surface area contributed by atoms with E-state index in [1.807, 2.05) is 74.5 Å². The van der Waals surface area contributed by atoms with Gasteiger partial charge in [-0.3, -0.25) is 0 Å². The van der Waals surface area contributed by atoms with Crippen LogP contribution >= 0.6 is 11.6 Å². The lowest BCUT2D eigenvalue weighted by atomic mass is 10.1. The third kappa shape index (κ3) is 4.10. The minimum Gasteiger partial charge on any atom is -0.487 e. The van der Waals surface area contributed by atoms with Crippen LogP contribution in [0.5, 0.6) is 5.75 Å². The van der Waals surface area contributed by atoms with Gasteiger partial charge < -0.3 is 15.0 Å². The summed E-state index contributed by atoms with van der Waals surface area (Å²) < 4.78 is 11.3. The number of hydrogen-bond acceptors (Lipinski definition) is 5. The maximum Gasteiger partial charge on any atom is 0.258 e. The van der Waals surface area contributed by atoms with Gasteiger partial charge in [0.1, 0.15) is 12.4 Å². The molecule has 29 heavy (non-hydrogen) atoms. The van der Waals surface area contributed by atoms with Crippen molar-refractivity contribution in [2.24, 2.45) is 0 Å². The number of halogens is 1. The average molecular weight is 406 g/mol. The number of nitrogen functional groups attached to an aromatic ring is 1. The molecule has 4 rings (SSSR count). The molecule has 0 aliphatic carbocycles. The molecule has 0 atom stereocenters. The fraction of sp³-hybridized carbons (Fsp3) is 0.130. The smallest absolute Gasteiger partial charge is 0.258 e. The van der Waals surface area contributed by atoms with E-state index in [1.54, 1.807) is 0 Å². The van der Waals surface area contributed by atoms with E-state index in [9.17, 15) is 0 Å². The quantitative estimate of drug-likeness (QED) is 0.422. The first-order chi connectivity index (χ1) is 14.0. The predicted octanol–water partition coefficient (Wildman–Crippen LogP) is 5.84. The van der Waals surface area contributed by atoms with Crippen molar-refractivity contribution in [2.75, 3.05) is 5.73 Å². The largest absolute Gasteiger partial charge is 0.487 e. The summed E-state index contributed by atoms with van der Waals surface area (Å²) in [4.78, 5) is 4.52. The molecule has 1 heterocycles. The molecule has 0 unspecified atom stereocenters. The first-order valence-corrected chi connectivity index (χ1v) is 9.56. The highest BCUT2D eigenvalue weighted by atomic mass is 35.5. The van der Waals surface area contributed by atoms with E-state index in [-0.39, 0.29) is 0 Å². The van der Waals surface area contributed by atoms with Gasteiger partial charge in [0.2, 0.25) is 5.82 Å². The van der Waals surface area contributed by atoms with Crippen LogP contribution in [0.25, 0.3) is 22.8 Å². The van der Waals surface area contributed by atoms with Crippen LogP contribution in [0.1, 0.15) is 16.7 Å². The van der Waals surface area contributed by atoms with E-state index in [4.69, 9.17) is 26.6 Å². The van der Waals surface area contributed by atoms with Gasteiger partial charge >= 0.3 is 0 Å². The number of benzene rings is 3. The molecular weight excluding hydrogens is 386 g/mol. The summed E-state index contributed by atoms with van der Waals surface area (Å²) in [6, 6.07) is 19.2. The molecule has 0 saturated carbocycles. The first-order valence-electron chi connectivity index (χ1n) is 9.18. The van der Waals surface area contributed by atoms with Crippen molar-refractivity contribution < 1.29 is 9.26 Å². The Hall–Kier alpha value is -3.31. The fourth-order valence-corrected chi connectivity index (χ4v) is 3.14. The number of aryl methyl sites for hydroxylation is 1. The number of aromatic nitrogens is 2. The van der Waals surface area contributed by atoms with Crippen molar-refractivity contribution in [2.45, 2.75) is 20.5 Å². The molecule has 1 aromatic heterocycles. The lowest BCUT2D eigenvalue weighted by Gasteiger charge is -2.09. The zero-order chi connectivity index (χ0) is 20.4. The van der Waals surface area contributed by atoms with Crippen molar-refractivity contribution in [1.82, 2.24) is 10.1 Å². The fourth-order valence-electron chi connectivity index (χ4n) is 2.97. The van der Waals surface area contributed by atoms with Crippen molar-refractivity contribution in [3.63, 3.8) is 0 Å². The van der Waals surface area contributed by atoms with Gasteiger partial charge in [-0.2, -0.15) is 4.98 Å². The van der Waals surface area contributed by atoms with Crippen LogP contribution in [0.15, 0.2) is 65.2 Å². The maximum atomic E-state index is 6.18. The number of anilines is 1. The third-order valence-electron chi connectivity index (χ3n) is 4.72. The van der Waals surface area contributed by atoms with Gasteiger partial charge in [-0.1, -0.05) is 47.1 Å². The van der Waals surface area contributed by atoms with Crippen molar-refractivity contribution in [3.05, 3.63) is 82.4 Å². The summed E-state index contributed by atoms with van der Waals surface area (Å²) in [6.07, 6.45) is 0. The van der Waals surface area contributed by atoms with Crippen LogP contribution in [0.4, 0.5) is 5.69 Å². The molecule has 6 heteroatoms. The number of hydrogen-bond donors (Lipinski definition) is 1. The highest BCUT2D eigenvalue weighted by Gasteiger charge is 2.13. The molecule has 3 aromatic carbocycles. The average Bonchev–Trinajstić information content (AvgIpc) is 3.21. The Bertz CT molecular complexity index is 1150. The van der Waals surface area contributed by atoms with Gasteiger partial charge in [0.25, 0.3) is 5.89 Å². The summed E-state index contributed by atoms with van der Waals surface area (Å²) in [5.74, 6) is 1.65. The summed E-state index contributed by atoms with van der Waals surface area (Å²) in [5.41, 5.74) is 11.4. The third-order valence-corrected chi connectivity index (χ3v) is 5.04. The van der Waals surface area contributed by atoms with Crippen LogP contribution in [-0.2, 0) is 6.61 Å². The zero-order valence-electron chi connectivity index (χ0n) is 16.1. The van der Waals surface area contributed by atoms with E-state index in [1.165, 1.54) is 0 Å². The number of nitrogens with two attached hydrogens (primary N) is 1. The summed E-state index contributed by atoms with van der Waals surface area (Å²) >= 11 is 6.18. The Morgan fingerprint density at radius 3 is 2.62 bits per heavy atom. The highest BCUT2D eigenvalue weighted by molar-refractivity contribution is 6.32. The molecule has 0 fully saturated rings. The monoisotopic (exact) mass is 405 g/mol. The Morgan fingerprint density at radius 2 is 1.83 bits per heavy atom. The topological polar surface area (TPSA) is 74.2 Å². The van der Waals surface area contributed by atoms with E-state index >= 15 is 0 Å². The standard InChI is InChI=1S/C23H20ClN3O2/c1-14-6-11-19(24)21(12-14)28-13-16-7-9-17(10-8-16)23-26-22(27-29-23)18-4-3-5-20(25)15(18)2/h3-12H,13,25H2,1-2H3. The van der Waals surface area contributed by atoms with Crippen LogP contribution in [0.2, 0.25) is 5.02 Å². The highest BCUT2D eigenvalue weighted by Crippen LogP contribution is 2.28. The molecule has 0 aliphatic heterocycles. The maximum absolute atomic E-state index is 6.18. The number of nitrogens with zero attached hydrogens (tertiary/aromatic N) is 2. The molecule has 5 nitrogen and oxygen atoms in total. The zero-order valence-corrected chi connectivity index (χ0v) is 16.9. The normalized spacial score (nSPS) is 10.9. The van der Waals surface area contributed by atoms with Crippen molar-refractivity contribution in [3.8, 4) is 28.6 Å². The van der Waals surface area contributed by atoms with Gasteiger partial charge in [-0.15, -0.1) is 0 Å². The number of ether oxygens (including phenoxy) is 1. The van der Waals surface area contributed by atoms with Crippen LogP contribution in [0.3, 0.4) is 0 Å². The number of rotatable bonds is 5. The second kappa shape index (κ2) is 7.97. The lowest BCUT2D eigenvalue weighted by molar-refractivity contribution is 0.306. The second-order valence-corrected chi connectivity index (χ2v) is 7.27. The molecular formula is C23H20ClN3O2. The molecule has 0 saturated heterocycles. The van der Waals surface area contributed by atoms with Crippen molar-refractivity contribution in [1.29, 1.82) is 0 Å². The lowest BCUT2D eigenvalue weighted by Crippen LogP contribution is -1.96. The van der Waals surface area contributed by atoms with E-state index in [0.717, 1.165) is 27.8 Å². The SMILES string of the molecule is Cc1ccc(Cl)c(OCc2ccc(-c3nc(-c4cccc(N)c4C)no3)cc2)c1. The molecule has 146 valence electrons. The second-order valence-electron chi connectivity index (χ2n) is 6.86. The van der Waals surface area contributed by atoms with Gasteiger partial charge in [0, 0.05) is 16.8 Å². The Kier molecular flexibility index (Phi) is 5.23. The molecule has 0 bridgehead atoms. The first kappa shape index (κ1) is 19.0. The molecule has 2 N–H and O–H groups in total. The van der Waals surface area contributed by atoms with Crippen molar-refractivity contribution >= 4 is 17.3 Å². The molecule has 0 radical (unpaired) electrons. The molecule has 0 aliphatic rings. The summed E-state index contributed by atoms with van der Waals surface area (Å²) in [7, 11) is 0. The molecule has 4 aromatic rings. The van der Waals surface area contributed by atoms with Crippen LogP contribution in [-0.4, -0.2) is 10.1 Å². The van der Waals surface area contributed by atoms with Gasteiger partial charge in [0.15, 0.2) is 0 Å². The Labute approximate surface area is 174 Å². The Balaban J connectivity index is 1.49. The van der Waals surface area contributed by atoms with Gasteiger partial charge in [-0.05, 0) is 60.9 Å². The van der Waals surface area contributed by atoms with E-state index in [2.05, 4.69) is 10.1 Å².